The Kier molecular flexibility index (Phi) is 4.12. The van der Waals surface area contributed by atoms with Crippen molar-refractivity contribution in [2.45, 2.75) is 51.5 Å². The second-order valence-corrected chi connectivity index (χ2v) is 6.95. The van der Waals surface area contributed by atoms with E-state index in [2.05, 4.69) is 26.0 Å². The fourth-order valence-corrected chi connectivity index (χ4v) is 3.58. The van der Waals surface area contributed by atoms with Gasteiger partial charge >= 0.3 is 0 Å². The van der Waals surface area contributed by atoms with Gasteiger partial charge in [-0.25, -0.2) is 0 Å². The van der Waals surface area contributed by atoms with Crippen molar-refractivity contribution < 1.29 is 9.47 Å². The molecule has 2 aliphatic rings. The Bertz CT molecular complexity index is 490. The Morgan fingerprint density at radius 1 is 1.10 bits per heavy atom. The maximum Gasteiger partial charge on any atom is 0.161 e. The molecular formula is C18H27NO2. The molecular weight excluding hydrogens is 262 g/mol. The van der Waals surface area contributed by atoms with Gasteiger partial charge in [0.15, 0.2) is 11.5 Å². The van der Waals surface area contributed by atoms with Crippen LogP contribution in [-0.2, 0) is 5.54 Å². The van der Waals surface area contributed by atoms with Crippen LogP contribution in [0.3, 0.4) is 0 Å². The summed E-state index contributed by atoms with van der Waals surface area (Å²) >= 11 is 0. The van der Waals surface area contributed by atoms with Crippen molar-refractivity contribution in [3.8, 4) is 11.5 Å². The van der Waals surface area contributed by atoms with Gasteiger partial charge in [0.25, 0.3) is 0 Å². The van der Waals surface area contributed by atoms with Gasteiger partial charge in [0.1, 0.15) is 0 Å². The molecule has 3 rings (SSSR count). The molecule has 1 aliphatic heterocycles. The predicted molar refractivity (Wildman–Crippen MR) is 84.7 cm³/mol. The smallest absolute Gasteiger partial charge is 0.161 e. The Morgan fingerprint density at radius 3 is 2.43 bits per heavy atom. The lowest BCUT2D eigenvalue weighted by Crippen LogP contribution is -2.41. The molecule has 116 valence electrons. The van der Waals surface area contributed by atoms with E-state index in [0.29, 0.717) is 0 Å². The lowest BCUT2D eigenvalue weighted by Gasteiger charge is -2.39. The third-order valence-electron chi connectivity index (χ3n) is 5.19. The summed E-state index contributed by atoms with van der Waals surface area (Å²) in [4.78, 5) is 0. The molecule has 3 nitrogen and oxygen atoms in total. The lowest BCUT2D eigenvalue weighted by molar-refractivity contribution is 0.195. The van der Waals surface area contributed by atoms with E-state index >= 15 is 0 Å². The molecule has 0 saturated heterocycles. The number of fused-ring (bicyclic) bond motifs is 1. The molecule has 1 aromatic rings. The Morgan fingerprint density at radius 2 is 1.76 bits per heavy atom. The zero-order valence-corrected chi connectivity index (χ0v) is 13.2. The lowest BCUT2D eigenvalue weighted by atomic mass is 9.70. The highest BCUT2D eigenvalue weighted by Crippen LogP contribution is 2.42. The van der Waals surface area contributed by atoms with E-state index in [1.54, 1.807) is 0 Å². The summed E-state index contributed by atoms with van der Waals surface area (Å²) in [6.45, 7) is 6.10. The van der Waals surface area contributed by atoms with E-state index in [1.807, 2.05) is 6.07 Å². The quantitative estimate of drug-likeness (QED) is 0.899. The van der Waals surface area contributed by atoms with Crippen LogP contribution in [0.2, 0.25) is 0 Å². The van der Waals surface area contributed by atoms with Gasteiger partial charge in [0, 0.05) is 12.0 Å². The van der Waals surface area contributed by atoms with Gasteiger partial charge < -0.3 is 15.2 Å². The molecule has 0 aromatic heterocycles. The molecule has 1 saturated carbocycles. The van der Waals surface area contributed by atoms with Gasteiger partial charge in [-0.15, -0.1) is 0 Å². The van der Waals surface area contributed by atoms with E-state index in [1.165, 1.54) is 18.4 Å². The van der Waals surface area contributed by atoms with Gasteiger partial charge in [-0.3, -0.25) is 0 Å². The largest absolute Gasteiger partial charge is 0.490 e. The maximum absolute atomic E-state index is 6.72. The summed E-state index contributed by atoms with van der Waals surface area (Å²) in [5.74, 6) is 3.30. The minimum atomic E-state index is -0.198. The monoisotopic (exact) mass is 289 g/mol. The highest BCUT2D eigenvalue weighted by Gasteiger charge is 2.34. The van der Waals surface area contributed by atoms with Crippen LogP contribution in [0.15, 0.2) is 18.2 Å². The summed E-state index contributed by atoms with van der Waals surface area (Å²) < 4.78 is 11.5. The average molecular weight is 289 g/mol. The van der Waals surface area contributed by atoms with Gasteiger partial charge in [-0.1, -0.05) is 19.9 Å². The van der Waals surface area contributed by atoms with Crippen molar-refractivity contribution in [3.05, 3.63) is 23.8 Å². The second-order valence-electron chi connectivity index (χ2n) is 6.95. The molecule has 0 unspecified atom stereocenters. The van der Waals surface area contributed by atoms with Crippen LogP contribution in [-0.4, -0.2) is 13.2 Å². The molecule has 0 radical (unpaired) electrons. The molecule has 21 heavy (non-hydrogen) atoms. The Labute approximate surface area is 127 Å². The van der Waals surface area contributed by atoms with Crippen LogP contribution < -0.4 is 15.2 Å². The van der Waals surface area contributed by atoms with Gasteiger partial charge in [0.05, 0.1) is 13.2 Å². The van der Waals surface area contributed by atoms with Crippen molar-refractivity contribution in [2.75, 3.05) is 13.2 Å². The van der Waals surface area contributed by atoms with Crippen molar-refractivity contribution >= 4 is 0 Å². The highest BCUT2D eigenvalue weighted by atomic mass is 16.5. The van der Waals surface area contributed by atoms with Crippen LogP contribution >= 0.6 is 0 Å². The molecule has 2 N–H and O–H groups in total. The standard InChI is InChI=1S/C18H27NO2/c1-13(2)14-6-8-18(19,9-7-14)15-4-5-16-17(12-15)21-11-3-10-20-16/h4-5,12-14H,3,6-11,19H2,1-2H3. The molecule has 3 heteroatoms. The number of ether oxygens (including phenoxy) is 2. The van der Waals surface area contributed by atoms with Crippen LogP contribution in [0.4, 0.5) is 0 Å². The minimum Gasteiger partial charge on any atom is -0.490 e. The first-order valence-corrected chi connectivity index (χ1v) is 8.27. The SMILES string of the molecule is CC(C)C1CCC(N)(c2ccc3c(c2)OCCCO3)CC1. The van der Waals surface area contributed by atoms with Crippen molar-refractivity contribution in [1.29, 1.82) is 0 Å². The van der Waals surface area contributed by atoms with Crippen molar-refractivity contribution in [1.82, 2.24) is 0 Å². The van der Waals surface area contributed by atoms with E-state index in [4.69, 9.17) is 15.2 Å². The van der Waals surface area contributed by atoms with Crippen LogP contribution in [0.25, 0.3) is 0 Å². The van der Waals surface area contributed by atoms with Gasteiger partial charge in [-0.05, 0) is 55.2 Å². The number of benzene rings is 1. The first-order valence-electron chi connectivity index (χ1n) is 8.27. The van der Waals surface area contributed by atoms with Crippen LogP contribution in [0, 0.1) is 11.8 Å². The van der Waals surface area contributed by atoms with Crippen LogP contribution in [0.5, 0.6) is 11.5 Å². The summed E-state index contributed by atoms with van der Waals surface area (Å²) in [7, 11) is 0. The number of hydrogen-bond acceptors (Lipinski definition) is 3. The molecule has 0 spiro atoms. The van der Waals surface area contributed by atoms with E-state index in [9.17, 15) is 0 Å². The van der Waals surface area contributed by atoms with Crippen molar-refractivity contribution in [3.63, 3.8) is 0 Å². The summed E-state index contributed by atoms with van der Waals surface area (Å²) in [5, 5.41) is 0. The first-order chi connectivity index (χ1) is 10.1. The zero-order chi connectivity index (χ0) is 14.9. The second kappa shape index (κ2) is 5.88. The fraction of sp³-hybridized carbons (Fsp3) is 0.667. The summed E-state index contributed by atoms with van der Waals surface area (Å²) in [6.07, 6.45) is 5.52. The van der Waals surface area contributed by atoms with E-state index in [-0.39, 0.29) is 5.54 Å². The average Bonchev–Trinajstić information content (AvgIpc) is 2.72. The topological polar surface area (TPSA) is 44.5 Å². The summed E-state index contributed by atoms with van der Waals surface area (Å²) in [5.41, 5.74) is 7.72. The number of hydrogen-bond donors (Lipinski definition) is 1. The Balaban J connectivity index is 1.79. The normalized spacial score (nSPS) is 29.2. The highest BCUT2D eigenvalue weighted by molar-refractivity contribution is 5.45. The van der Waals surface area contributed by atoms with Gasteiger partial charge in [0.2, 0.25) is 0 Å². The molecule has 0 amide bonds. The van der Waals surface area contributed by atoms with E-state index in [0.717, 1.165) is 55.8 Å². The molecule has 1 aliphatic carbocycles. The van der Waals surface area contributed by atoms with Crippen molar-refractivity contribution in [2.24, 2.45) is 17.6 Å². The maximum atomic E-state index is 6.72. The molecule has 0 bridgehead atoms. The molecule has 1 fully saturated rings. The van der Waals surface area contributed by atoms with E-state index < -0.39 is 0 Å². The fourth-order valence-electron chi connectivity index (χ4n) is 3.58. The first kappa shape index (κ1) is 14.7. The zero-order valence-electron chi connectivity index (χ0n) is 13.2. The molecule has 0 atom stereocenters. The molecule has 1 aromatic carbocycles. The van der Waals surface area contributed by atoms with Crippen LogP contribution in [0.1, 0.15) is 51.5 Å². The minimum absolute atomic E-state index is 0.198. The van der Waals surface area contributed by atoms with Gasteiger partial charge in [-0.2, -0.15) is 0 Å². The predicted octanol–water partition coefficient (Wildman–Crippen LogP) is 3.85. The molecule has 1 heterocycles. The third kappa shape index (κ3) is 3.03. The summed E-state index contributed by atoms with van der Waals surface area (Å²) in [6, 6.07) is 6.26. The Hall–Kier alpha value is -1.22. The number of rotatable bonds is 2. The number of nitrogens with two attached hydrogens (primary N) is 1. The third-order valence-corrected chi connectivity index (χ3v) is 5.19.